The van der Waals surface area contributed by atoms with Crippen LogP contribution in [0.5, 0.6) is 0 Å². The van der Waals surface area contributed by atoms with Crippen LogP contribution in [0.3, 0.4) is 0 Å². The molecule has 0 aromatic carbocycles. The minimum atomic E-state index is 0.389. The maximum Gasteiger partial charge on any atom is 0.129 e. The fraction of sp³-hybridized carbons (Fsp3) is 0.375. The second-order valence-electron chi connectivity index (χ2n) is 2.79. The van der Waals surface area contributed by atoms with Gasteiger partial charge in [0, 0.05) is 18.8 Å². The quantitative estimate of drug-likeness (QED) is 0.606. The highest BCUT2D eigenvalue weighted by atomic mass is 15.0. The predicted octanol–water partition coefficient (Wildman–Crippen LogP) is 0.377. The highest BCUT2D eigenvalue weighted by Crippen LogP contribution is 2.21. The van der Waals surface area contributed by atoms with E-state index >= 15 is 0 Å². The molecular formula is C8H11N3. The van der Waals surface area contributed by atoms with Crippen molar-refractivity contribution in [3.05, 3.63) is 23.9 Å². The van der Waals surface area contributed by atoms with Gasteiger partial charge in [-0.25, -0.2) is 4.98 Å². The number of nitrogens with zero attached hydrogens (tertiary/aromatic N) is 1. The van der Waals surface area contributed by atoms with Crippen molar-refractivity contribution in [2.75, 3.05) is 11.9 Å². The third-order valence-electron chi connectivity index (χ3n) is 1.98. The summed E-state index contributed by atoms with van der Waals surface area (Å²) in [4.78, 5) is 4.19. The van der Waals surface area contributed by atoms with Crippen molar-refractivity contribution in [2.45, 2.75) is 12.5 Å². The monoisotopic (exact) mass is 149 g/mol. The van der Waals surface area contributed by atoms with E-state index in [0.29, 0.717) is 12.6 Å². The van der Waals surface area contributed by atoms with Gasteiger partial charge in [-0.1, -0.05) is 6.07 Å². The van der Waals surface area contributed by atoms with E-state index in [1.165, 1.54) is 5.56 Å². The number of fused-ring (bicyclic) bond motifs is 1. The molecular weight excluding hydrogens is 138 g/mol. The minimum absolute atomic E-state index is 0.389. The van der Waals surface area contributed by atoms with Gasteiger partial charge in [-0.15, -0.1) is 0 Å². The van der Waals surface area contributed by atoms with E-state index in [2.05, 4.69) is 16.4 Å². The minimum Gasteiger partial charge on any atom is -0.366 e. The van der Waals surface area contributed by atoms with Crippen molar-refractivity contribution in [2.24, 2.45) is 5.73 Å². The summed E-state index contributed by atoms with van der Waals surface area (Å²) in [5.41, 5.74) is 6.80. The molecule has 0 saturated carbocycles. The third kappa shape index (κ3) is 1.07. The van der Waals surface area contributed by atoms with Crippen LogP contribution in [-0.4, -0.2) is 17.6 Å². The molecule has 1 atom stereocenters. The summed E-state index contributed by atoms with van der Waals surface area (Å²) in [7, 11) is 0. The molecule has 0 unspecified atom stereocenters. The Kier molecular flexibility index (Phi) is 1.51. The molecule has 0 fully saturated rings. The first-order valence-corrected chi connectivity index (χ1v) is 3.80. The van der Waals surface area contributed by atoms with E-state index in [0.717, 1.165) is 12.2 Å². The molecule has 3 nitrogen and oxygen atoms in total. The van der Waals surface area contributed by atoms with Gasteiger partial charge in [-0.05, 0) is 18.1 Å². The summed E-state index contributed by atoms with van der Waals surface area (Å²) >= 11 is 0. The van der Waals surface area contributed by atoms with Crippen LogP contribution in [0.15, 0.2) is 18.3 Å². The molecule has 0 saturated heterocycles. The SMILES string of the molecule is NC[C@@H]1Cc2cccnc2N1. The molecule has 1 aliphatic rings. The molecule has 58 valence electrons. The molecule has 2 rings (SSSR count). The Morgan fingerprint density at radius 2 is 2.64 bits per heavy atom. The molecule has 0 radical (unpaired) electrons. The largest absolute Gasteiger partial charge is 0.366 e. The topological polar surface area (TPSA) is 50.9 Å². The number of rotatable bonds is 1. The maximum absolute atomic E-state index is 5.52. The number of nitrogens with one attached hydrogen (secondary N) is 1. The predicted molar refractivity (Wildman–Crippen MR) is 44.4 cm³/mol. The highest BCUT2D eigenvalue weighted by Gasteiger charge is 2.18. The fourth-order valence-electron chi connectivity index (χ4n) is 1.39. The molecule has 1 aromatic rings. The van der Waals surface area contributed by atoms with E-state index < -0.39 is 0 Å². The van der Waals surface area contributed by atoms with Crippen LogP contribution in [0.4, 0.5) is 5.82 Å². The first-order valence-electron chi connectivity index (χ1n) is 3.80. The Bertz CT molecular complexity index is 234. The number of hydrogen-bond acceptors (Lipinski definition) is 3. The van der Waals surface area contributed by atoms with Crippen LogP contribution in [-0.2, 0) is 6.42 Å². The number of anilines is 1. The zero-order valence-corrected chi connectivity index (χ0v) is 6.25. The van der Waals surface area contributed by atoms with Gasteiger partial charge in [0.2, 0.25) is 0 Å². The standard InChI is InChI=1S/C8H11N3/c9-5-7-4-6-2-1-3-10-8(6)11-7/h1-3,7H,4-5,9H2,(H,10,11)/t7-/m0/s1. The van der Waals surface area contributed by atoms with Crippen molar-refractivity contribution in [3.8, 4) is 0 Å². The molecule has 2 heterocycles. The lowest BCUT2D eigenvalue weighted by Gasteiger charge is -2.04. The lowest BCUT2D eigenvalue weighted by molar-refractivity contribution is 0.759. The highest BCUT2D eigenvalue weighted by molar-refractivity contribution is 5.50. The fourth-order valence-corrected chi connectivity index (χ4v) is 1.39. The van der Waals surface area contributed by atoms with Gasteiger partial charge < -0.3 is 11.1 Å². The molecule has 0 bridgehead atoms. The van der Waals surface area contributed by atoms with Gasteiger partial charge in [-0.3, -0.25) is 0 Å². The van der Waals surface area contributed by atoms with E-state index in [9.17, 15) is 0 Å². The molecule has 0 aliphatic carbocycles. The van der Waals surface area contributed by atoms with Gasteiger partial charge in [0.1, 0.15) is 5.82 Å². The van der Waals surface area contributed by atoms with Crippen LogP contribution in [0.1, 0.15) is 5.56 Å². The summed E-state index contributed by atoms with van der Waals surface area (Å²) in [6.45, 7) is 0.677. The number of nitrogens with two attached hydrogens (primary N) is 1. The molecule has 0 spiro atoms. The molecule has 0 amide bonds. The van der Waals surface area contributed by atoms with Gasteiger partial charge >= 0.3 is 0 Å². The lowest BCUT2D eigenvalue weighted by Crippen LogP contribution is -2.25. The van der Waals surface area contributed by atoms with Crippen molar-refractivity contribution < 1.29 is 0 Å². The number of aromatic nitrogens is 1. The van der Waals surface area contributed by atoms with Crippen molar-refractivity contribution >= 4 is 5.82 Å². The molecule has 11 heavy (non-hydrogen) atoms. The van der Waals surface area contributed by atoms with Gasteiger partial charge in [0.05, 0.1) is 0 Å². The average Bonchev–Trinajstić information content (AvgIpc) is 2.46. The molecule has 1 aliphatic heterocycles. The van der Waals surface area contributed by atoms with Crippen LogP contribution in [0.2, 0.25) is 0 Å². The van der Waals surface area contributed by atoms with Crippen LogP contribution >= 0.6 is 0 Å². The zero-order chi connectivity index (χ0) is 7.68. The van der Waals surface area contributed by atoms with Gasteiger partial charge in [0.15, 0.2) is 0 Å². The Hall–Kier alpha value is -1.09. The number of hydrogen-bond donors (Lipinski definition) is 2. The first kappa shape index (κ1) is 6.61. The molecule has 3 heteroatoms. The Balaban J connectivity index is 2.27. The van der Waals surface area contributed by atoms with Crippen molar-refractivity contribution in [3.63, 3.8) is 0 Å². The Labute approximate surface area is 65.6 Å². The summed E-state index contributed by atoms with van der Waals surface area (Å²) in [5, 5.41) is 3.25. The summed E-state index contributed by atoms with van der Waals surface area (Å²) in [5.74, 6) is 1.00. The first-order chi connectivity index (χ1) is 5.40. The summed E-state index contributed by atoms with van der Waals surface area (Å²) in [6, 6.07) is 4.43. The number of pyridine rings is 1. The van der Waals surface area contributed by atoms with E-state index in [4.69, 9.17) is 5.73 Å². The van der Waals surface area contributed by atoms with Crippen molar-refractivity contribution in [1.29, 1.82) is 0 Å². The van der Waals surface area contributed by atoms with Crippen LogP contribution < -0.4 is 11.1 Å². The van der Waals surface area contributed by atoms with E-state index in [-0.39, 0.29) is 0 Å². The average molecular weight is 149 g/mol. The lowest BCUT2D eigenvalue weighted by atomic mass is 10.1. The molecule has 1 aromatic heterocycles. The zero-order valence-electron chi connectivity index (χ0n) is 6.25. The smallest absolute Gasteiger partial charge is 0.129 e. The maximum atomic E-state index is 5.52. The molecule has 3 N–H and O–H groups in total. The third-order valence-corrected chi connectivity index (χ3v) is 1.98. The van der Waals surface area contributed by atoms with Crippen LogP contribution in [0.25, 0.3) is 0 Å². The Morgan fingerprint density at radius 3 is 3.36 bits per heavy atom. The van der Waals surface area contributed by atoms with Gasteiger partial charge in [-0.2, -0.15) is 0 Å². The van der Waals surface area contributed by atoms with Crippen molar-refractivity contribution in [1.82, 2.24) is 4.98 Å². The van der Waals surface area contributed by atoms with E-state index in [1.807, 2.05) is 6.07 Å². The van der Waals surface area contributed by atoms with Gasteiger partial charge in [0.25, 0.3) is 0 Å². The normalized spacial score (nSPS) is 21.0. The van der Waals surface area contributed by atoms with E-state index in [1.54, 1.807) is 6.20 Å². The summed E-state index contributed by atoms with van der Waals surface area (Å²) < 4.78 is 0. The van der Waals surface area contributed by atoms with Crippen LogP contribution in [0, 0.1) is 0 Å². The Morgan fingerprint density at radius 1 is 1.73 bits per heavy atom. The summed E-state index contributed by atoms with van der Waals surface area (Å²) in [6.07, 6.45) is 2.81. The second-order valence-corrected chi connectivity index (χ2v) is 2.79. The second kappa shape index (κ2) is 2.51.